The number of rotatable bonds is 4. The first-order chi connectivity index (χ1) is 8.18. The number of para-hydroxylation sites is 1. The molecule has 17 heavy (non-hydrogen) atoms. The van der Waals surface area contributed by atoms with Crippen molar-refractivity contribution < 1.29 is 18.3 Å². The Hall–Kier alpha value is -2.17. The molecule has 0 radical (unpaired) electrons. The number of ether oxygens (including phenoxy) is 1. The number of H-pyrrole nitrogens is 1. The fourth-order valence-corrected chi connectivity index (χ4v) is 1.47. The zero-order valence-corrected chi connectivity index (χ0v) is 8.69. The van der Waals surface area contributed by atoms with Crippen LogP contribution in [-0.4, -0.2) is 17.4 Å². The molecular formula is C12H9F2NO2. The van der Waals surface area contributed by atoms with Gasteiger partial charge in [-0.1, -0.05) is 12.1 Å². The third-order valence-corrected chi connectivity index (χ3v) is 2.19. The van der Waals surface area contributed by atoms with Crippen LogP contribution in [0.2, 0.25) is 0 Å². The molecular weight excluding hydrogens is 228 g/mol. The van der Waals surface area contributed by atoms with Crippen molar-refractivity contribution in [1.82, 2.24) is 4.98 Å². The number of nitrogens with one attached hydrogen (secondary N) is 1. The molecule has 88 valence electrons. The second kappa shape index (κ2) is 4.78. The maximum atomic E-state index is 12.2. The van der Waals surface area contributed by atoms with E-state index in [1.807, 2.05) is 0 Å². The lowest BCUT2D eigenvalue weighted by Gasteiger charge is -2.08. The van der Waals surface area contributed by atoms with Crippen molar-refractivity contribution in [2.45, 2.75) is 6.61 Å². The Balaban J connectivity index is 2.35. The van der Waals surface area contributed by atoms with Gasteiger partial charge in [-0.3, -0.25) is 4.79 Å². The predicted octanol–water partition coefficient (Wildman–Crippen LogP) is 2.85. The van der Waals surface area contributed by atoms with Gasteiger partial charge in [-0.2, -0.15) is 8.78 Å². The zero-order valence-electron chi connectivity index (χ0n) is 8.69. The molecule has 0 aliphatic rings. The van der Waals surface area contributed by atoms with Crippen LogP contribution in [0, 0.1) is 0 Å². The summed E-state index contributed by atoms with van der Waals surface area (Å²) in [7, 11) is 0. The molecule has 5 heteroatoms. The quantitative estimate of drug-likeness (QED) is 0.831. The minimum Gasteiger partial charge on any atom is -0.434 e. The fourth-order valence-electron chi connectivity index (χ4n) is 1.47. The van der Waals surface area contributed by atoms with E-state index < -0.39 is 6.61 Å². The van der Waals surface area contributed by atoms with Crippen molar-refractivity contribution in [3.05, 3.63) is 53.9 Å². The van der Waals surface area contributed by atoms with Crippen LogP contribution in [0.4, 0.5) is 8.78 Å². The van der Waals surface area contributed by atoms with Gasteiger partial charge in [0.15, 0.2) is 0 Å². The summed E-state index contributed by atoms with van der Waals surface area (Å²) in [6.45, 7) is -2.95. The fraction of sp³-hybridized carbons (Fsp3) is 0.0833. The monoisotopic (exact) mass is 237 g/mol. The van der Waals surface area contributed by atoms with Gasteiger partial charge in [-0.25, -0.2) is 0 Å². The van der Waals surface area contributed by atoms with Crippen molar-refractivity contribution >= 4 is 5.78 Å². The average Bonchev–Trinajstić information content (AvgIpc) is 2.81. The van der Waals surface area contributed by atoms with Crippen LogP contribution in [0.5, 0.6) is 5.75 Å². The second-order valence-electron chi connectivity index (χ2n) is 3.29. The number of ketones is 1. The van der Waals surface area contributed by atoms with Gasteiger partial charge in [0.1, 0.15) is 5.75 Å². The SMILES string of the molecule is O=C(c1ccc[nH]1)c1ccccc1OC(F)F. The Morgan fingerprint density at radius 2 is 1.94 bits per heavy atom. The molecule has 1 N–H and O–H groups in total. The van der Waals surface area contributed by atoms with E-state index in [1.165, 1.54) is 18.2 Å². The largest absolute Gasteiger partial charge is 0.434 e. The molecule has 0 amide bonds. The number of benzene rings is 1. The summed E-state index contributed by atoms with van der Waals surface area (Å²) in [6.07, 6.45) is 1.59. The Morgan fingerprint density at radius 3 is 2.59 bits per heavy atom. The average molecular weight is 237 g/mol. The molecule has 0 unspecified atom stereocenters. The number of hydrogen-bond donors (Lipinski definition) is 1. The third kappa shape index (κ3) is 2.50. The maximum Gasteiger partial charge on any atom is 0.387 e. The highest BCUT2D eigenvalue weighted by Crippen LogP contribution is 2.22. The molecule has 0 atom stereocenters. The molecule has 0 saturated heterocycles. The summed E-state index contributed by atoms with van der Waals surface area (Å²) in [5, 5.41) is 0. The summed E-state index contributed by atoms with van der Waals surface area (Å²) in [5.74, 6) is -0.506. The summed E-state index contributed by atoms with van der Waals surface area (Å²) >= 11 is 0. The molecule has 2 aromatic rings. The highest BCUT2D eigenvalue weighted by molar-refractivity contribution is 6.09. The van der Waals surface area contributed by atoms with Crippen molar-refractivity contribution in [3.63, 3.8) is 0 Å². The first-order valence-corrected chi connectivity index (χ1v) is 4.90. The molecule has 0 spiro atoms. The zero-order chi connectivity index (χ0) is 12.3. The number of aromatic amines is 1. The molecule has 0 aliphatic carbocycles. The molecule has 0 bridgehead atoms. The van der Waals surface area contributed by atoms with Gasteiger partial charge in [-0.05, 0) is 24.3 Å². The highest BCUT2D eigenvalue weighted by atomic mass is 19.3. The van der Waals surface area contributed by atoms with Gasteiger partial charge >= 0.3 is 6.61 Å². The number of alkyl halides is 2. The van der Waals surface area contributed by atoms with Crippen LogP contribution < -0.4 is 4.74 Å². The van der Waals surface area contributed by atoms with E-state index >= 15 is 0 Å². The molecule has 1 heterocycles. The first-order valence-electron chi connectivity index (χ1n) is 4.90. The Bertz CT molecular complexity index is 509. The van der Waals surface area contributed by atoms with Crippen LogP contribution in [0.25, 0.3) is 0 Å². The van der Waals surface area contributed by atoms with Crippen molar-refractivity contribution in [2.75, 3.05) is 0 Å². The first kappa shape index (κ1) is 11.3. The molecule has 1 aromatic carbocycles. The summed E-state index contributed by atoms with van der Waals surface area (Å²) in [5.41, 5.74) is 0.436. The van der Waals surface area contributed by atoms with Crippen LogP contribution in [0.15, 0.2) is 42.6 Å². The second-order valence-corrected chi connectivity index (χ2v) is 3.29. The lowest BCUT2D eigenvalue weighted by molar-refractivity contribution is -0.0501. The number of halogens is 2. The highest BCUT2D eigenvalue weighted by Gasteiger charge is 2.17. The van der Waals surface area contributed by atoms with Gasteiger partial charge in [0.05, 0.1) is 11.3 Å². The van der Waals surface area contributed by atoms with Crippen molar-refractivity contribution in [2.24, 2.45) is 0 Å². The predicted molar refractivity (Wildman–Crippen MR) is 57.3 cm³/mol. The minimum atomic E-state index is -2.95. The van der Waals surface area contributed by atoms with Crippen molar-refractivity contribution in [3.8, 4) is 5.75 Å². The van der Waals surface area contributed by atoms with Crippen LogP contribution in [0.1, 0.15) is 16.1 Å². The van der Waals surface area contributed by atoms with E-state index in [9.17, 15) is 13.6 Å². The standard InChI is InChI=1S/C12H9F2NO2/c13-12(14)17-10-6-2-1-4-8(10)11(16)9-5-3-7-15-9/h1-7,12,15H. The summed E-state index contributed by atoms with van der Waals surface area (Å²) in [6, 6.07) is 9.13. The Morgan fingerprint density at radius 1 is 1.18 bits per heavy atom. The molecule has 1 aromatic heterocycles. The Kier molecular flexibility index (Phi) is 3.18. The number of hydrogen-bond acceptors (Lipinski definition) is 2. The van der Waals surface area contributed by atoms with Gasteiger partial charge in [0, 0.05) is 6.20 Å². The molecule has 3 nitrogen and oxygen atoms in total. The number of carbonyl (C=O) groups excluding carboxylic acids is 1. The lowest BCUT2D eigenvalue weighted by Crippen LogP contribution is -2.09. The van der Waals surface area contributed by atoms with Gasteiger partial charge in [-0.15, -0.1) is 0 Å². The maximum absolute atomic E-state index is 12.2. The van der Waals surface area contributed by atoms with Gasteiger partial charge in [0.2, 0.25) is 5.78 Å². The van der Waals surface area contributed by atoms with E-state index in [1.54, 1.807) is 24.4 Å². The van der Waals surface area contributed by atoms with Crippen LogP contribution in [-0.2, 0) is 0 Å². The van der Waals surface area contributed by atoms with Crippen LogP contribution >= 0.6 is 0 Å². The molecule has 0 fully saturated rings. The summed E-state index contributed by atoms with van der Waals surface area (Å²) < 4.78 is 28.6. The van der Waals surface area contributed by atoms with Crippen molar-refractivity contribution in [1.29, 1.82) is 0 Å². The van der Waals surface area contributed by atoms with E-state index in [2.05, 4.69) is 9.72 Å². The Labute approximate surface area is 96.0 Å². The topological polar surface area (TPSA) is 42.1 Å². The smallest absolute Gasteiger partial charge is 0.387 e. The minimum absolute atomic E-state index is 0.107. The summed E-state index contributed by atoms with van der Waals surface area (Å²) in [4.78, 5) is 14.7. The van der Waals surface area contributed by atoms with Gasteiger partial charge in [0.25, 0.3) is 0 Å². The van der Waals surface area contributed by atoms with E-state index in [-0.39, 0.29) is 17.1 Å². The number of aromatic nitrogens is 1. The lowest BCUT2D eigenvalue weighted by atomic mass is 10.1. The molecule has 0 saturated carbocycles. The van der Waals surface area contributed by atoms with E-state index in [0.29, 0.717) is 5.69 Å². The number of carbonyl (C=O) groups is 1. The molecule has 2 rings (SSSR count). The van der Waals surface area contributed by atoms with E-state index in [4.69, 9.17) is 0 Å². The van der Waals surface area contributed by atoms with Crippen LogP contribution in [0.3, 0.4) is 0 Å². The van der Waals surface area contributed by atoms with E-state index in [0.717, 1.165) is 0 Å². The van der Waals surface area contributed by atoms with Gasteiger partial charge < -0.3 is 9.72 Å². The molecule has 0 aliphatic heterocycles. The normalized spacial score (nSPS) is 10.5. The third-order valence-electron chi connectivity index (χ3n) is 2.19.